The van der Waals surface area contributed by atoms with Crippen LogP contribution in [0, 0.1) is 16.7 Å². The molecule has 0 unspecified atom stereocenters. The van der Waals surface area contributed by atoms with E-state index in [1.54, 1.807) is 4.31 Å². The first-order chi connectivity index (χ1) is 8.99. The fourth-order valence-electron chi connectivity index (χ4n) is 2.48. The molecule has 1 heterocycles. The Morgan fingerprint density at radius 1 is 1.32 bits per heavy atom. The second-order valence-corrected chi connectivity index (χ2v) is 7.43. The van der Waals surface area contributed by atoms with Gasteiger partial charge in [-0.1, -0.05) is 6.92 Å². The van der Waals surface area contributed by atoms with E-state index in [2.05, 4.69) is 0 Å². The van der Waals surface area contributed by atoms with E-state index in [4.69, 9.17) is 5.26 Å². The third-order valence-electron chi connectivity index (χ3n) is 4.20. The highest BCUT2D eigenvalue weighted by molar-refractivity contribution is 7.89. The molecular weight excluding hydrogens is 264 g/mol. The van der Waals surface area contributed by atoms with Crippen LogP contribution in [0.2, 0.25) is 0 Å². The molecule has 0 aromatic heterocycles. The van der Waals surface area contributed by atoms with Crippen molar-refractivity contribution in [1.29, 1.82) is 5.26 Å². The maximum Gasteiger partial charge on any atom is 0.214 e. The molecule has 0 spiro atoms. The van der Waals surface area contributed by atoms with Gasteiger partial charge in [-0.05, 0) is 37.5 Å². The molecular formula is C13H24N2O3S. The van der Waals surface area contributed by atoms with Crippen molar-refractivity contribution in [2.24, 2.45) is 5.41 Å². The Labute approximate surface area is 116 Å². The Bertz CT molecular complexity index is 400. The molecule has 0 saturated carbocycles. The highest BCUT2D eigenvalue weighted by atomic mass is 32.2. The molecule has 0 bridgehead atoms. The summed E-state index contributed by atoms with van der Waals surface area (Å²) in [5.74, 6) is 0.132. The number of nitriles is 1. The lowest BCUT2D eigenvalue weighted by molar-refractivity contribution is 0.0647. The van der Waals surface area contributed by atoms with Gasteiger partial charge in [0.05, 0.1) is 11.8 Å². The van der Waals surface area contributed by atoms with E-state index in [1.165, 1.54) is 0 Å². The van der Waals surface area contributed by atoms with Gasteiger partial charge in [0.2, 0.25) is 10.0 Å². The number of rotatable bonds is 7. The molecule has 110 valence electrons. The van der Waals surface area contributed by atoms with Crippen molar-refractivity contribution < 1.29 is 13.5 Å². The largest absolute Gasteiger partial charge is 0.396 e. The summed E-state index contributed by atoms with van der Waals surface area (Å²) in [6.07, 6.45) is 3.96. The van der Waals surface area contributed by atoms with Crippen LogP contribution in [0.25, 0.3) is 0 Å². The van der Waals surface area contributed by atoms with E-state index < -0.39 is 10.0 Å². The van der Waals surface area contributed by atoms with Crippen LogP contribution in [0.5, 0.6) is 0 Å². The Morgan fingerprint density at radius 2 is 1.95 bits per heavy atom. The van der Waals surface area contributed by atoms with Gasteiger partial charge in [0.15, 0.2) is 0 Å². The van der Waals surface area contributed by atoms with Crippen molar-refractivity contribution in [1.82, 2.24) is 4.31 Å². The molecule has 19 heavy (non-hydrogen) atoms. The molecule has 5 nitrogen and oxygen atoms in total. The first-order valence-electron chi connectivity index (χ1n) is 6.95. The third kappa shape index (κ3) is 4.44. The number of hydrogen-bond donors (Lipinski definition) is 1. The van der Waals surface area contributed by atoms with Gasteiger partial charge in [0.25, 0.3) is 0 Å². The number of hydrogen-bond acceptors (Lipinski definition) is 4. The molecule has 0 atom stereocenters. The minimum Gasteiger partial charge on any atom is -0.396 e. The minimum atomic E-state index is -3.19. The summed E-state index contributed by atoms with van der Waals surface area (Å²) in [5.41, 5.74) is -0.0904. The summed E-state index contributed by atoms with van der Waals surface area (Å²) in [6, 6.07) is 2.02. The normalized spacial score (nSPS) is 20.1. The summed E-state index contributed by atoms with van der Waals surface area (Å²) < 4.78 is 25.8. The average molecular weight is 288 g/mol. The molecule has 6 heteroatoms. The summed E-state index contributed by atoms with van der Waals surface area (Å²) in [4.78, 5) is 0. The van der Waals surface area contributed by atoms with Gasteiger partial charge in [-0.3, -0.25) is 0 Å². The lowest BCUT2D eigenvalue weighted by Crippen LogP contribution is -2.45. The quantitative estimate of drug-likeness (QED) is 0.720. The van der Waals surface area contributed by atoms with Gasteiger partial charge < -0.3 is 5.11 Å². The zero-order chi connectivity index (χ0) is 14.4. The number of aliphatic hydroxyl groups excluding tert-OH is 1. The highest BCUT2D eigenvalue weighted by Gasteiger charge is 2.36. The molecule has 0 aromatic rings. The zero-order valence-electron chi connectivity index (χ0n) is 11.6. The predicted octanol–water partition coefficient (Wildman–Crippen LogP) is 1.49. The standard InChI is InChI=1S/C13H24N2O3S/c1-2-13(12-16)6-9-15(10-7-13)19(17,18)11-5-3-4-8-14/h16H,2-7,9-12H2,1H3. The molecule has 0 radical (unpaired) electrons. The minimum absolute atomic E-state index is 0.0904. The molecule has 1 rings (SSSR count). The number of sulfonamides is 1. The summed E-state index contributed by atoms with van der Waals surface area (Å²) in [6.45, 7) is 3.20. The van der Waals surface area contributed by atoms with Crippen molar-refractivity contribution in [3.63, 3.8) is 0 Å². The Hall–Kier alpha value is -0.640. The Balaban J connectivity index is 2.48. The van der Waals surface area contributed by atoms with Gasteiger partial charge >= 0.3 is 0 Å². The maximum absolute atomic E-state index is 12.1. The first kappa shape index (κ1) is 16.4. The van der Waals surface area contributed by atoms with Crippen LogP contribution < -0.4 is 0 Å². The fraction of sp³-hybridized carbons (Fsp3) is 0.923. The van der Waals surface area contributed by atoms with E-state index in [-0.39, 0.29) is 17.8 Å². The molecule has 1 aliphatic heterocycles. The SMILES string of the molecule is CCC1(CO)CCN(S(=O)(=O)CCCCC#N)CC1. The monoisotopic (exact) mass is 288 g/mol. The molecule has 0 aromatic carbocycles. The second kappa shape index (κ2) is 7.22. The van der Waals surface area contributed by atoms with Gasteiger partial charge in [-0.15, -0.1) is 0 Å². The second-order valence-electron chi connectivity index (χ2n) is 5.34. The van der Waals surface area contributed by atoms with Crippen molar-refractivity contribution in [3.05, 3.63) is 0 Å². The predicted molar refractivity (Wildman–Crippen MR) is 73.9 cm³/mol. The van der Waals surface area contributed by atoms with E-state index >= 15 is 0 Å². The lowest BCUT2D eigenvalue weighted by Gasteiger charge is -2.39. The summed E-state index contributed by atoms with van der Waals surface area (Å²) >= 11 is 0. The van der Waals surface area contributed by atoms with Gasteiger partial charge in [-0.25, -0.2) is 12.7 Å². The van der Waals surface area contributed by atoms with Crippen molar-refractivity contribution in [2.45, 2.75) is 45.4 Å². The van der Waals surface area contributed by atoms with Crippen molar-refractivity contribution in [3.8, 4) is 6.07 Å². The topological polar surface area (TPSA) is 81.4 Å². The molecule has 1 N–H and O–H groups in total. The smallest absolute Gasteiger partial charge is 0.214 e. The van der Waals surface area contributed by atoms with Gasteiger partial charge in [0, 0.05) is 26.1 Å². The summed E-state index contributed by atoms with van der Waals surface area (Å²) in [7, 11) is -3.19. The van der Waals surface area contributed by atoms with Crippen LogP contribution >= 0.6 is 0 Å². The number of piperidine rings is 1. The van der Waals surface area contributed by atoms with Crippen LogP contribution in [0.3, 0.4) is 0 Å². The van der Waals surface area contributed by atoms with Gasteiger partial charge in [-0.2, -0.15) is 5.26 Å². The number of nitrogens with zero attached hydrogens (tertiary/aromatic N) is 2. The Morgan fingerprint density at radius 3 is 2.42 bits per heavy atom. The fourth-order valence-corrected chi connectivity index (χ4v) is 4.05. The highest BCUT2D eigenvalue weighted by Crippen LogP contribution is 2.35. The van der Waals surface area contributed by atoms with E-state index in [1.807, 2.05) is 13.0 Å². The third-order valence-corrected chi connectivity index (χ3v) is 6.16. The molecule has 0 amide bonds. The van der Waals surface area contributed by atoms with Crippen LogP contribution in [0.15, 0.2) is 0 Å². The van der Waals surface area contributed by atoms with Crippen LogP contribution in [-0.4, -0.2) is 43.3 Å². The zero-order valence-corrected chi connectivity index (χ0v) is 12.5. The molecule has 1 aliphatic rings. The van der Waals surface area contributed by atoms with Crippen LogP contribution in [0.4, 0.5) is 0 Å². The van der Waals surface area contributed by atoms with Crippen molar-refractivity contribution in [2.75, 3.05) is 25.4 Å². The van der Waals surface area contributed by atoms with Crippen LogP contribution in [-0.2, 0) is 10.0 Å². The summed E-state index contributed by atoms with van der Waals surface area (Å²) in [5, 5.41) is 17.9. The first-order valence-corrected chi connectivity index (χ1v) is 8.56. The number of unbranched alkanes of at least 4 members (excludes halogenated alkanes) is 2. The van der Waals surface area contributed by atoms with Crippen molar-refractivity contribution >= 4 is 10.0 Å². The maximum atomic E-state index is 12.1. The van der Waals surface area contributed by atoms with Gasteiger partial charge in [0.1, 0.15) is 0 Å². The van der Waals surface area contributed by atoms with E-state index in [0.29, 0.717) is 32.4 Å². The molecule has 0 aliphatic carbocycles. The lowest BCUT2D eigenvalue weighted by atomic mass is 9.77. The Kier molecular flexibility index (Phi) is 6.24. The number of aliphatic hydroxyl groups is 1. The molecule has 1 fully saturated rings. The van der Waals surface area contributed by atoms with Crippen LogP contribution in [0.1, 0.15) is 45.4 Å². The average Bonchev–Trinajstić information content (AvgIpc) is 2.43. The molecule has 1 saturated heterocycles. The van der Waals surface area contributed by atoms with E-state index in [9.17, 15) is 13.5 Å². The van der Waals surface area contributed by atoms with E-state index in [0.717, 1.165) is 19.3 Å².